The fourth-order valence-corrected chi connectivity index (χ4v) is 3.03. The van der Waals surface area contributed by atoms with Crippen LogP contribution in [0, 0.1) is 0 Å². The molecule has 0 heterocycles. The van der Waals surface area contributed by atoms with Crippen molar-refractivity contribution in [2.24, 2.45) is 0 Å². The molecule has 7 nitrogen and oxygen atoms in total. The second kappa shape index (κ2) is 17.1. The molecule has 0 aliphatic rings. The van der Waals surface area contributed by atoms with E-state index in [0.29, 0.717) is 19.3 Å². The van der Waals surface area contributed by atoms with Crippen molar-refractivity contribution < 1.29 is 30.4 Å². The van der Waals surface area contributed by atoms with E-state index in [4.69, 9.17) is 0 Å². The Labute approximate surface area is 152 Å². The van der Waals surface area contributed by atoms with Crippen LogP contribution in [0.3, 0.4) is 0 Å². The molecule has 25 heavy (non-hydrogen) atoms. The minimum Gasteiger partial charge on any atom is -0.250 e. The van der Waals surface area contributed by atoms with Crippen LogP contribution in [0.5, 0.6) is 0 Å². The average molecular weight is 366 g/mol. The van der Waals surface area contributed by atoms with Crippen molar-refractivity contribution in [2.75, 3.05) is 0 Å². The first kappa shape index (κ1) is 24.7. The largest absolute Gasteiger partial charge is 0.250 e. The summed E-state index contributed by atoms with van der Waals surface area (Å²) in [6.07, 6.45) is 8.31. The summed E-state index contributed by atoms with van der Waals surface area (Å²) in [5.41, 5.74) is 0. The van der Waals surface area contributed by atoms with Gasteiger partial charge in [-0.1, -0.05) is 59.3 Å². The van der Waals surface area contributed by atoms with Crippen LogP contribution in [0.4, 0.5) is 0 Å². The summed E-state index contributed by atoms with van der Waals surface area (Å²) in [4.78, 5) is 15.7. The minimum absolute atomic E-state index is 0.561. The Morgan fingerprint density at radius 1 is 0.560 bits per heavy atom. The fraction of sp³-hybridized carbons (Fsp3) is 1.00. The van der Waals surface area contributed by atoms with E-state index in [1.165, 1.54) is 0 Å². The molecule has 0 saturated carbocycles. The Morgan fingerprint density at radius 3 is 1.04 bits per heavy atom. The van der Waals surface area contributed by atoms with Crippen LogP contribution in [0.15, 0.2) is 0 Å². The molecule has 0 radical (unpaired) electrons. The van der Waals surface area contributed by atoms with Gasteiger partial charge < -0.3 is 0 Å². The molecule has 7 heteroatoms. The van der Waals surface area contributed by atoms with Crippen molar-refractivity contribution in [3.8, 4) is 0 Å². The van der Waals surface area contributed by atoms with E-state index in [2.05, 4.69) is 35.4 Å². The van der Waals surface area contributed by atoms with Crippen LogP contribution in [0.1, 0.15) is 97.8 Å². The van der Waals surface area contributed by atoms with Crippen molar-refractivity contribution in [3.05, 3.63) is 0 Å². The van der Waals surface area contributed by atoms with E-state index in [1.807, 2.05) is 0 Å². The molecule has 0 spiro atoms. The zero-order valence-corrected chi connectivity index (χ0v) is 16.2. The zero-order chi connectivity index (χ0) is 18.9. The van der Waals surface area contributed by atoms with Gasteiger partial charge in [0, 0.05) is 0 Å². The summed E-state index contributed by atoms with van der Waals surface area (Å²) < 4.78 is 0. The summed E-state index contributed by atoms with van der Waals surface area (Å²) >= 11 is 0. The molecule has 3 unspecified atom stereocenters. The topological polar surface area (TPSA) is 91.6 Å². The Kier molecular flexibility index (Phi) is 17.0. The highest BCUT2D eigenvalue weighted by molar-refractivity contribution is 4.72. The number of hydrogen-bond donors (Lipinski definition) is 3. The van der Waals surface area contributed by atoms with Crippen LogP contribution < -0.4 is 0 Å². The van der Waals surface area contributed by atoms with Gasteiger partial charge in [-0.2, -0.15) is 0 Å². The summed E-state index contributed by atoms with van der Waals surface area (Å²) in [7, 11) is 0. The normalized spacial score (nSPS) is 15.5. The Morgan fingerprint density at radius 2 is 0.840 bits per heavy atom. The molecule has 3 atom stereocenters. The van der Waals surface area contributed by atoms with Crippen LogP contribution in [-0.4, -0.2) is 39.4 Å². The fourth-order valence-electron chi connectivity index (χ4n) is 3.03. The van der Waals surface area contributed by atoms with E-state index >= 15 is 0 Å². The molecule has 0 saturated heterocycles. The van der Waals surface area contributed by atoms with Crippen LogP contribution >= 0.6 is 0 Å². The molecule has 0 aliphatic heterocycles. The van der Waals surface area contributed by atoms with Crippen molar-refractivity contribution >= 4 is 0 Å². The van der Waals surface area contributed by atoms with Crippen molar-refractivity contribution in [1.29, 1.82) is 0 Å². The van der Waals surface area contributed by atoms with E-state index in [9.17, 15) is 15.8 Å². The number of unbranched alkanes of at least 4 members (excludes halogenated alkanes) is 6. The number of nitrogens with zero attached hydrogens (tertiary/aromatic N) is 1. The standard InChI is InChI=1S/C18H39NO6/c1-4-7-10-13-16(23-20)19(17(24-21)14-11-8-5-2)18(25-22)15-12-9-6-3/h16-18,20-22H,4-15H2,1-3H3. The van der Waals surface area contributed by atoms with Crippen molar-refractivity contribution in [1.82, 2.24) is 4.90 Å². The SMILES string of the molecule is CCCCCC(OO)N(C(CCCCC)OO)C(CCCCC)OO. The van der Waals surface area contributed by atoms with Gasteiger partial charge in [0.2, 0.25) is 0 Å². The lowest BCUT2D eigenvalue weighted by molar-refractivity contribution is -0.419. The van der Waals surface area contributed by atoms with Gasteiger partial charge in [-0.3, -0.25) is 15.8 Å². The highest BCUT2D eigenvalue weighted by Crippen LogP contribution is 2.24. The number of rotatable bonds is 18. The maximum Gasteiger partial charge on any atom is 0.150 e. The molecule has 0 aromatic carbocycles. The van der Waals surface area contributed by atoms with Gasteiger partial charge in [-0.05, 0) is 38.5 Å². The van der Waals surface area contributed by atoms with E-state index in [0.717, 1.165) is 57.8 Å². The second-order valence-electron chi connectivity index (χ2n) is 6.61. The third-order valence-electron chi connectivity index (χ3n) is 4.53. The molecular formula is C18H39NO6. The molecule has 0 amide bonds. The predicted octanol–water partition coefficient (Wildman–Crippen LogP) is 5.48. The third kappa shape index (κ3) is 10.5. The van der Waals surface area contributed by atoms with Gasteiger partial charge in [-0.25, -0.2) is 19.6 Å². The molecule has 152 valence electrons. The Bertz CT molecular complexity index is 239. The third-order valence-corrected chi connectivity index (χ3v) is 4.53. The lowest BCUT2D eigenvalue weighted by Gasteiger charge is -2.38. The number of hydrogen-bond acceptors (Lipinski definition) is 7. The van der Waals surface area contributed by atoms with Gasteiger partial charge in [0.1, 0.15) is 18.7 Å². The molecule has 0 aliphatic carbocycles. The second-order valence-corrected chi connectivity index (χ2v) is 6.61. The highest BCUT2D eigenvalue weighted by Gasteiger charge is 2.35. The smallest absolute Gasteiger partial charge is 0.150 e. The molecule has 0 bridgehead atoms. The molecule has 0 aromatic rings. The van der Waals surface area contributed by atoms with Gasteiger partial charge >= 0.3 is 0 Å². The molecule has 0 rings (SSSR count). The molecule has 0 fully saturated rings. The van der Waals surface area contributed by atoms with Crippen molar-refractivity contribution in [2.45, 2.75) is 117 Å². The maximum atomic E-state index is 9.41. The maximum absolute atomic E-state index is 9.41. The molecule has 0 aromatic heterocycles. The highest BCUT2D eigenvalue weighted by atomic mass is 17.1. The average Bonchev–Trinajstić information content (AvgIpc) is 2.64. The van der Waals surface area contributed by atoms with Gasteiger partial charge in [-0.15, -0.1) is 0 Å². The first-order valence-corrected chi connectivity index (χ1v) is 9.88. The minimum atomic E-state index is -0.705. The van der Waals surface area contributed by atoms with Crippen molar-refractivity contribution in [3.63, 3.8) is 0 Å². The van der Waals surface area contributed by atoms with Gasteiger partial charge in [0.25, 0.3) is 0 Å². The quantitative estimate of drug-likeness (QED) is 0.128. The summed E-state index contributed by atoms with van der Waals surface area (Å²) in [5.74, 6) is 0. The summed E-state index contributed by atoms with van der Waals surface area (Å²) in [5, 5.41) is 28.2. The Balaban J connectivity index is 5.11. The van der Waals surface area contributed by atoms with Crippen LogP contribution in [0.25, 0.3) is 0 Å². The first-order valence-electron chi connectivity index (χ1n) is 9.88. The van der Waals surface area contributed by atoms with E-state index in [-0.39, 0.29) is 0 Å². The summed E-state index contributed by atoms with van der Waals surface area (Å²) in [6.45, 7) is 6.30. The zero-order valence-electron chi connectivity index (χ0n) is 16.2. The monoisotopic (exact) mass is 365 g/mol. The van der Waals surface area contributed by atoms with E-state index in [1.54, 1.807) is 4.90 Å². The lowest BCUT2D eigenvalue weighted by atomic mass is 10.1. The lowest BCUT2D eigenvalue weighted by Crippen LogP contribution is -2.52. The Hall–Kier alpha value is -0.280. The molecule has 3 N–H and O–H groups in total. The predicted molar refractivity (Wildman–Crippen MR) is 96.8 cm³/mol. The van der Waals surface area contributed by atoms with Gasteiger partial charge in [0.05, 0.1) is 0 Å². The first-order chi connectivity index (χ1) is 12.2. The van der Waals surface area contributed by atoms with Crippen LogP contribution in [-0.2, 0) is 14.7 Å². The van der Waals surface area contributed by atoms with Crippen LogP contribution in [0.2, 0.25) is 0 Å². The van der Waals surface area contributed by atoms with Gasteiger partial charge in [0.15, 0.2) is 0 Å². The van der Waals surface area contributed by atoms with E-state index < -0.39 is 18.7 Å². The molecular weight excluding hydrogens is 326 g/mol. The summed E-state index contributed by atoms with van der Waals surface area (Å²) in [6, 6.07) is 0.